The maximum atomic E-state index is 11.3. The van der Waals surface area contributed by atoms with Crippen LogP contribution in [0.5, 0.6) is 0 Å². The predicted octanol–water partition coefficient (Wildman–Crippen LogP) is 2.10. The minimum atomic E-state index is -0.970. The molecular formula is C12H12O4S. The third kappa shape index (κ3) is 2.61. The number of carbonyl (C=O) groups is 2. The summed E-state index contributed by atoms with van der Waals surface area (Å²) < 4.78 is 4.85. The number of thioether (sulfide) groups is 1. The van der Waals surface area contributed by atoms with Crippen LogP contribution in [0.1, 0.15) is 22.3 Å². The van der Waals surface area contributed by atoms with Crippen LogP contribution >= 0.6 is 11.8 Å². The Hall–Kier alpha value is -1.49. The van der Waals surface area contributed by atoms with Crippen LogP contribution in [-0.2, 0) is 9.53 Å². The molecule has 1 unspecified atom stereocenters. The minimum absolute atomic E-state index is 0.245. The van der Waals surface area contributed by atoms with E-state index < -0.39 is 5.97 Å². The van der Waals surface area contributed by atoms with Gasteiger partial charge in [-0.05, 0) is 19.1 Å². The Labute approximate surface area is 103 Å². The van der Waals surface area contributed by atoms with Crippen molar-refractivity contribution >= 4 is 23.7 Å². The molecule has 4 nitrogen and oxygen atoms in total. The van der Waals surface area contributed by atoms with Crippen molar-refractivity contribution in [3.8, 4) is 0 Å². The van der Waals surface area contributed by atoms with E-state index in [1.165, 1.54) is 11.8 Å². The van der Waals surface area contributed by atoms with Crippen LogP contribution in [0.25, 0.3) is 0 Å². The number of carbonyl (C=O) groups excluding carboxylic acids is 1. The fraction of sp³-hybridized carbons (Fsp3) is 0.333. The molecule has 0 aromatic heterocycles. The van der Waals surface area contributed by atoms with E-state index in [9.17, 15) is 9.59 Å². The highest BCUT2D eigenvalue weighted by Crippen LogP contribution is 2.32. The summed E-state index contributed by atoms with van der Waals surface area (Å²) >= 11 is 1.27. The highest BCUT2D eigenvalue weighted by atomic mass is 32.2. The fourth-order valence-electron chi connectivity index (χ4n) is 1.65. The van der Waals surface area contributed by atoms with Crippen LogP contribution in [0.4, 0.5) is 0 Å². The molecule has 1 atom stereocenters. The van der Waals surface area contributed by atoms with Crippen molar-refractivity contribution < 1.29 is 19.4 Å². The maximum Gasteiger partial charge on any atom is 0.336 e. The fourth-order valence-corrected chi connectivity index (χ4v) is 2.76. The largest absolute Gasteiger partial charge is 0.478 e. The van der Waals surface area contributed by atoms with E-state index in [2.05, 4.69) is 0 Å². The summed E-state index contributed by atoms with van der Waals surface area (Å²) in [7, 11) is 0. The molecule has 0 saturated carbocycles. The number of carboxylic acids is 1. The molecule has 1 aliphatic rings. The highest BCUT2D eigenvalue weighted by Gasteiger charge is 2.28. The van der Waals surface area contributed by atoms with E-state index in [1.54, 1.807) is 12.1 Å². The standard InChI is InChI=1S/C12H12O4S/c1-7-2-3-9(8(6-7)11(13)14)17-10-4-5-16-12(10)15/h2-3,6,10H,4-5H2,1H3,(H,13,14). The number of rotatable bonds is 3. The second-order valence-electron chi connectivity index (χ2n) is 3.87. The number of aryl methyl sites for hydroxylation is 1. The first kappa shape index (κ1) is 12.0. The maximum absolute atomic E-state index is 11.3. The molecule has 1 fully saturated rings. The van der Waals surface area contributed by atoms with Gasteiger partial charge in [-0.25, -0.2) is 4.79 Å². The molecule has 2 rings (SSSR count). The molecule has 0 radical (unpaired) electrons. The Morgan fingerprint density at radius 1 is 1.53 bits per heavy atom. The molecule has 5 heteroatoms. The molecule has 0 bridgehead atoms. The summed E-state index contributed by atoms with van der Waals surface area (Å²) in [6.45, 7) is 2.26. The molecular weight excluding hydrogens is 240 g/mol. The van der Waals surface area contributed by atoms with Gasteiger partial charge in [-0.15, -0.1) is 11.8 Å². The van der Waals surface area contributed by atoms with Gasteiger partial charge in [-0.3, -0.25) is 4.79 Å². The zero-order valence-electron chi connectivity index (χ0n) is 9.30. The Morgan fingerprint density at radius 2 is 2.29 bits per heavy atom. The summed E-state index contributed by atoms with van der Waals surface area (Å²) in [4.78, 5) is 23.1. The second-order valence-corrected chi connectivity index (χ2v) is 5.11. The lowest BCUT2D eigenvalue weighted by Crippen LogP contribution is -2.10. The van der Waals surface area contributed by atoms with Gasteiger partial charge in [0.15, 0.2) is 0 Å². The lowest BCUT2D eigenvalue weighted by atomic mass is 10.1. The number of cyclic esters (lactones) is 1. The van der Waals surface area contributed by atoms with Crippen molar-refractivity contribution in [1.82, 2.24) is 0 Å². The van der Waals surface area contributed by atoms with Gasteiger partial charge in [0.2, 0.25) is 0 Å². The zero-order valence-corrected chi connectivity index (χ0v) is 10.1. The number of carboxylic acid groups (broad SMARTS) is 1. The first-order chi connectivity index (χ1) is 8.08. The summed E-state index contributed by atoms with van der Waals surface area (Å²) in [5.74, 6) is -1.23. The SMILES string of the molecule is Cc1ccc(SC2CCOC2=O)c(C(=O)O)c1. The predicted molar refractivity (Wildman–Crippen MR) is 63.4 cm³/mol. The molecule has 90 valence electrons. The minimum Gasteiger partial charge on any atom is -0.478 e. The van der Waals surface area contributed by atoms with Crippen molar-refractivity contribution in [2.45, 2.75) is 23.5 Å². The monoisotopic (exact) mass is 252 g/mol. The lowest BCUT2D eigenvalue weighted by molar-refractivity contribution is -0.137. The number of ether oxygens (including phenoxy) is 1. The number of benzene rings is 1. The number of aromatic carboxylic acids is 1. The average molecular weight is 252 g/mol. The third-order valence-corrected chi connectivity index (χ3v) is 3.84. The van der Waals surface area contributed by atoms with E-state index in [4.69, 9.17) is 9.84 Å². The summed E-state index contributed by atoms with van der Waals surface area (Å²) in [5, 5.41) is 8.82. The van der Waals surface area contributed by atoms with Crippen molar-refractivity contribution in [2.75, 3.05) is 6.61 Å². The Morgan fingerprint density at radius 3 is 2.88 bits per heavy atom. The van der Waals surface area contributed by atoms with Crippen molar-refractivity contribution in [3.63, 3.8) is 0 Å². The summed E-state index contributed by atoms with van der Waals surface area (Å²) in [5.41, 5.74) is 1.13. The quantitative estimate of drug-likeness (QED) is 0.835. The van der Waals surface area contributed by atoms with Gasteiger partial charge in [0.25, 0.3) is 0 Å². The molecule has 0 aliphatic carbocycles. The van der Waals surface area contributed by atoms with E-state index >= 15 is 0 Å². The molecule has 1 aromatic carbocycles. The average Bonchev–Trinajstić information content (AvgIpc) is 2.67. The first-order valence-electron chi connectivity index (χ1n) is 5.25. The molecule has 1 aliphatic heterocycles. The van der Waals surface area contributed by atoms with Gasteiger partial charge >= 0.3 is 11.9 Å². The normalized spacial score (nSPS) is 19.1. The van der Waals surface area contributed by atoms with Crippen LogP contribution in [0.2, 0.25) is 0 Å². The van der Waals surface area contributed by atoms with Gasteiger partial charge in [0.05, 0.1) is 12.2 Å². The van der Waals surface area contributed by atoms with E-state index in [0.29, 0.717) is 17.9 Å². The van der Waals surface area contributed by atoms with E-state index in [0.717, 1.165) is 5.56 Å². The van der Waals surface area contributed by atoms with Crippen molar-refractivity contribution in [3.05, 3.63) is 29.3 Å². The van der Waals surface area contributed by atoms with E-state index in [-0.39, 0.29) is 16.8 Å². The Bertz CT molecular complexity index is 470. The Kier molecular flexibility index (Phi) is 3.38. The van der Waals surface area contributed by atoms with E-state index in [1.807, 2.05) is 13.0 Å². The molecule has 1 aromatic rings. The van der Waals surface area contributed by atoms with Crippen molar-refractivity contribution in [1.29, 1.82) is 0 Å². The number of hydrogen-bond acceptors (Lipinski definition) is 4. The third-order valence-electron chi connectivity index (χ3n) is 2.52. The second kappa shape index (κ2) is 4.79. The summed E-state index contributed by atoms with van der Waals surface area (Å²) in [6, 6.07) is 5.20. The van der Waals surface area contributed by atoms with Gasteiger partial charge < -0.3 is 9.84 Å². The molecule has 1 heterocycles. The zero-order chi connectivity index (χ0) is 12.4. The smallest absolute Gasteiger partial charge is 0.336 e. The molecule has 1 saturated heterocycles. The Balaban J connectivity index is 2.25. The van der Waals surface area contributed by atoms with Crippen molar-refractivity contribution in [2.24, 2.45) is 0 Å². The van der Waals surface area contributed by atoms with Crippen LogP contribution in [-0.4, -0.2) is 28.9 Å². The van der Waals surface area contributed by atoms with Gasteiger partial charge in [0, 0.05) is 11.3 Å². The molecule has 0 spiro atoms. The van der Waals surface area contributed by atoms with Gasteiger partial charge in [0.1, 0.15) is 5.25 Å². The number of hydrogen-bond donors (Lipinski definition) is 1. The molecule has 1 N–H and O–H groups in total. The van der Waals surface area contributed by atoms with Crippen LogP contribution in [0.15, 0.2) is 23.1 Å². The molecule has 0 amide bonds. The highest BCUT2D eigenvalue weighted by molar-refractivity contribution is 8.00. The van der Waals surface area contributed by atoms with Gasteiger partial charge in [-0.1, -0.05) is 11.6 Å². The summed E-state index contributed by atoms with van der Waals surface area (Å²) in [6.07, 6.45) is 0.635. The van der Waals surface area contributed by atoms with Gasteiger partial charge in [-0.2, -0.15) is 0 Å². The number of esters is 1. The molecule has 17 heavy (non-hydrogen) atoms. The topological polar surface area (TPSA) is 63.6 Å². The van der Waals surface area contributed by atoms with Crippen LogP contribution in [0.3, 0.4) is 0 Å². The first-order valence-corrected chi connectivity index (χ1v) is 6.13. The van der Waals surface area contributed by atoms with Crippen LogP contribution < -0.4 is 0 Å². The lowest BCUT2D eigenvalue weighted by Gasteiger charge is -2.09. The van der Waals surface area contributed by atoms with Crippen LogP contribution in [0, 0.1) is 6.92 Å².